The van der Waals surface area contributed by atoms with Gasteiger partial charge in [0.25, 0.3) is 0 Å². The molecule has 0 radical (unpaired) electrons. The van der Waals surface area contributed by atoms with Crippen molar-refractivity contribution in [2.75, 3.05) is 20.1 Å². The van der Waals surface area contributed by atoms with Gasteiger partial charge in [-0.05, 0) is 31.9 Å². The lowest BCUT2D eigenvalue weighted by molar-refractivity contribution is -0.178. The Bertz CT molecular complexity index is 518. The summed E-state index contributed by atoms with van der Waals surface area (Å²) in [5, 5.41) is 11.3. The van der Waals surface area contributed by atoms with E-state index in [9.17, 15) is 9.90 Å². The lowest BCUT2D eigenvalue weighted by Gasteiger charge is -2.33. The molecule has 0 amide bonds. The number of esters is 1. The normalized spacial score (nSPS) is 24.9. The van der Waals surface area contributed by atoms with Gasteiger partial charge in [0.05, 0.1) is 0 Å². The minimum atomic E-state index is -1.50. The molecule has 1 saturated carbocycles. The van der Waals surface area contributed by atoms with Crippen molar-refractivity contribution in [2.45, 2.75) is 43.8 Å². The second kappa shape index (κ2) is 7.65. The molecule has 3 rings (SSSR count). The molecule has 1 aromatic carbocycles. The van der Waals surface area contributed by atoms with Crippen LogP contribution in [0, 0.1) is 5.92 Å². The van der Waals surface area contributed by atoms with Gasteiger partial charge < -0.3 is 14.7 Å². The topological polar surface area (TPSA) is 49.8 Å². The van der Waals surface area contributed by atoms with Gasteiger partial charge in [-0.3, -0.25) is 0 Å². The number of benzene rings is 1. The predicted octanol–water partition coefficient (Wildman–Crippen LogP) is 2.73. The minimum Gasteiger partial charge on any atom is -0.459 e. The van der Waals surface area contributed by atoms with Crippen molar-refractivity contribution in [1.82, 2.24) is 4.90 Å². The first-order chi connectivity index (χ1) is 10.6. The Morgan fingerprint density at radius 3 is 2.43 bits per heavy atom. The second-order valence-corrected chi connectivity index (χ2v) is 6.69. The molecule has 0 spiro atoms. The van der Waals surface area contributed by atoms with E-state index >= 15 is 0 Å². The fourth-order valence-corrected chi connectivity index (χ4v) is 3.79. The van der Waals surface area contributed by atoms with Crippen LogP contribution in [0.1, 0.15) is 37.7 Å². The maximum absolute atomic E-state index is 12.8. The van der Waals surface area contributed by atoms with Crippen molar-refractivity contribution in [2.24, 2.45) is 5.92 Å². The van der Waals surface area contributed by atoms with Crippen molar-refractivity contribution in [1.29, 1.82) is 0 Å². The molecule has 1 aliphatic heterocycles. The molecule has 2 unspecified atom stereocenters. The number of likely N-dealkylation sites (tertiary alicyclic amines) is 1. The quantitative estimate of drug-likeness (QED) is 0.857. The van der Waals surface area contributed by atoms with E-state index in [0.717, 1.165) is 45.2 Å². The van der Waals surface area contributed by atoms with E-state index in [0.29, 0.717) is 5.56 Å². The molecule has 23 heavy (non-hydrogen) atoms. The van der Waals surface area contributed by atoms with Crippen LogP contribution in [-0.2, 0) is 15.1 Å². The average Bonchev–Trinajstić information content (AvgIpc) is 3.19. The molecule has 2 atom stereocenters. The van der Waals surface area contributed by atoms with Crippen molar-refractivity contribution in [3.8, 4) is 0 Å². The van der Waals surface area contributed by atoms with Gasteiger partial charge in [-0.25, -0.2) is 4.79 Å². The van der Waals surface area contributed by atoms with E-state index in [-0.39, 0.29) is 24.4 Å². The summed E-state index contributed by atoms with van der Waals surface area (Å²) in [7, 11) is 2.02. The first kappa shape index (κ1) is 18.2. The van der Waals surface area contributed by atoms with Gasteiger partial charge in [0.15, 0.2) is 5.60 Å². The Morgan fingerprint density at radius 1 is 1.22 bits per heavy atom. The van der Waals surface area contributed by atoms with Crippen LogP contribution in [0.15, 0.2) is 30.3 Å². The van der Waals surface area contributed by atoms with Crippen LogP contribution in [0.3, 0.4) is 0 Å². The Labute approximate surface area is 144 Å². The molecule has 4 nitrogen and oxygen atoms in total. The second-order valence-electron chi connectivity index (χ2n) is 6.69. The lowest BCUT2D eigenvalue weighted by atomic mass is 9.80. The number of carbonyl (C=O) groups excluding carboxylic acids is 1. The third-order valence-electron chi connectivity index (χ3n) is 5.09. The standard InChI is InChI=1S/C18H25NO3.ClH/c1-19-12-11-16(13-19)22-17(20)18(21,15-9-5-6-10-15)14-7-3-2-4-8-14;/h2-4,7-8,15-16,21H,5-6,9-13H2,1H3;1H. The third kappa shape index (κ3) is 3.70. The predicted molar refractivity (Wildman–Crippen MR) is 91.5 cm³/mol. The minimum absolute atomic E-state index is 0. The molecule has 1 N–H and O–H groups in total. The van der Waals surface area contributed by atoms with Gasteiger partial charge >= 0.3 is 5.97 Å². The molecule has 1 heterocycles. The van der Waals surface area contributed by atoms with Gasteiger partial charge in [0.2, 0.25) is 0 Å². The first-order valence-corrected chi connectivity index (χ1v) is 8.28. The maximum atomic E-state index is 12.8. The fourth-order valence-electron chi connectivity index (χ4n) is 3.79. The zero-order valence-electron chi connectivity index (χ0n) is 13.6. The number of carbonyl (C=O) groups is 1. The van der Waals surface area contributed by atoms with Crippen LogP contribution in [-0.4, -0.2) is 42.2 Å². The average molecular weight is 340 g/mol. The lowest BCUT2D eigenvalue weighted by Crippen LogP contribution is -2.45. The Balaban J connectivity index is 0.00000192. The maximum Gasteiger partial charge on any atom is 0.343 e. The first-order valence-electron chi connectivity index (χ1n) is 8.28. The van der Waals surface area contributed by atoms with Gasteiger partial charge in [0, 0.05) is 19.0 Å². The number of nitrogens with zero attached hydrogens (tertiary/aromatic N) is 1. The molecule has 1 aromatic rings. The van der Waals surface area contributed by atoms with Crippen molar-refractivity contribution in [3.63, 3.8) is 0 Å². The summed E-state index contributed by atoms with van der Waals surface area (Å²) in [6.07, 6.45) is 4.64. The monoisotopic (exact) mass is 339 g/mol. The summed E-state index contributed by atoms with van der Waals surface area (Å²) < 4.78 is 5.68. The SMILES string of the molecule is CN1CCC(OC(=O)C(O)(c2ccccc2)C2CCCC2)C1.Cl. The van der Waals surface area contributed by atoms with Gasteiger partial charge in [0.1, 0.15) is 6.10 Å². The number of aliphatic hydroxyl groups is 1. The highest BCUT2D eigenvalue weighted by atomic mass is 35.5. The Hall–Kier alpha value is -1.10. The fraction of sp³-hybridized carbons (Fsp3) is 0.611. The Morgan fingerprint density at radius 2 is 1.87 bits per heavy atom. The van der Waals surface area contributed by atoms with Gasteiger partial charge in [-0.15, -0.1) is 12.4 Å². The molecule has 0 aromatic heterocycles. The summed E-state index contributed by atoms with van der Waals surface area (Å²) in [6.45, 7) is 1.69. The molecule has 1 saturated heterocycles. The third-order valence-corrected chi connectivity index (χ3v) is 5.09. The highest BCUT2D eigenvalue weighted by Crippen LogP contribution is 2.41. The van der Waals surface area contributed by atoms with Crippen LogP contribution >= 0.6 is 12.4 Å². The van der Waals surface area contributed by atoms with Crippen LogP contribution in [0.25, 0.3) is 0 Å². The van der Waals surface area contributed by atoms with E-state index < -0.39 is 11.6 Å². The van der Waals surface area contributed by atoms with E-state index in [1.54, 1.807) is 0 Å². The molecule has 2 aliphatic rings. The van der Waals surface area contributed by atoms with Crippen LogP contribution in [0.2, 0.25) is 0 Å². The molecular formula is C18H26ClNO3. The highest BCUT2D eigenvalue weighted by molar-refractivity contribution is 5.85. The van der Waals surface area contributed by atoms with Gasteiger partial charge in [-0.1, -0.05) is 43.2 Å². The van der Waals surface area contributed by atoms with Crippen molar-refractivity contribution >= 4 is 18.4 Å². The van der Waals surface area contributed by atoms with Crippen LogP contribution in [0.5, 0.6) is 0 Å². The molecule has 1 aliphatic carbocycles. The Kier molecular flexibility index (Phi) is 6.06. The van der Waals surface area contributed by atoms with Crippen LogP contribution in [0.4, 0.5) is 0 Å². The summed E-state index contributed by atoms with van der Waals surface area (Å²) in [6, 6.07) is 9.30. The largest absolute Gasteiger partial charge is 0.459 e. The van der Waals surface area contributed by atoms with E-state index in [1.165, 1.54) is 0 Å². The highest BCUT2D eigenvalue weighted by Gasteiger charge is 2.48. The van der Waals surface area contributed by atoms with Crippen LogP contribution < -0.4 is 0 Å². The smallest absolute Gasteiger partial charge is 0.343 e. The molecule has 2 fully saturated rings. The van der Waals surface area contributed by atoms with Crippen molar-refractivity contribution in [3.05, 3.63) is 35.9 Å². The molecule has 5 heteroatoms. The van der Waals surface area contributed by atoms with E-state index in [2.05, 4.69) is 4.90 Å². The molecule has 128 valence electrons. The number of halogens is 1. The van der Waals surface area contributed by atoms with E-state index in [4.69, 9.17) is 4.74 Å². The summed E-state index contributed by atoms with van der Waals surface area (Å²) in [4.78, 5) is 15.0. The summed E-state index contributed by atoms with van der Waals surface area (Å²) in [5.74, 6) is -0.507. The number of hydrogen-bond donors (Lipinski definition) is 1. The summed E-state index contributed by atoms with van der Waals surface area (Å²) in [5.41, 5.74) is -0.836. The number of hydrogen-bond acceptors (Lipinski definition) is 4. The zero-order valence-corrected chi connectivity index (χ0v) is 14.4. The zero-order chi connectivity index (χ0) is 15.6. The van der Waals surface area contributed by atoms with Gasteiger partial charge in [-0.2, -0.15) is 0 Å². The molecular weight excluding hydrogens is 314 g/mol. The van der Waals surface area contributed by atoms with Crippen molar-refractivity contribution < 1.29 is 14.6 Å². The number of rotatable bonds is 4. The summed E-state index contributed by atoms with van der Waals surface area (Å²) >= 11 is 0. The number of likely N-dealkylation sites (N-methyl/N-ethyl adjacent to an activating group) is 1. The molecule has 0 bridgehead atoms. The number of ether oxygens (including phenoxy) is 1. The van der Waals surface area contributed by atoms with E-state index in [1.807, 2.05) is 37.4 Å².